The van der Waals surface area contributed by atoms with Crippen LogP contribution in [0.15, 0.2) is 0 Å². The molecule has 0 aromatic rings. The zero-order valence-electron chi connectivity index (χ0n) is 5.66. The third-order valence-corrected chi connectivity index (χ3v) is 0.885. The van der Waals surface area contributed by atoms with Crippen LogP contribution in [0, 0.1) is 11.3 Å². The summed E-state index contributed by atoms with van der Waals surface area (Å²) in [6.07, 6.45) is 1.13. The van der Waals surface area contributed by atoms with Crippen molar-refractivity contribution < 1.29 is 14.3 Å². The van der Waals surface area contributed by atoms with Gasteiger partial charge in [-0.15, -0.1) is 0 Å². The lowest BCUT2D eigenvalue weighted by atomic mass is 10.2. The Morgan fingerprint density at radius 3 is 2.70 bits per heavy atom. The fourth-order valence-electron chi connectivity index (χ4n) is 0.401. The van der Waals surface area contributed by atoms with E-state index in [1.165, 1.54) is 0 Å². The van der Waals surface area contributed by atoms with Crippen molar-refractivity contribution in [3.8, 4) is 0 Å². The maximum Gasteiger partial charge on any atom is 0.321 e. The van der Waals surface area contributed by atoms with E-state index in [2.05, 4.69) is 4.74 Å². The first-order valence-corrected chi connectivity index (χ1v) is 2.88. The zero-order chi connectivity index (χ0) is 7.98. The second-order valence-corrected chi connectivity index (χ2v) is 1.58. The average Bonchev–Trinajstić information content (AvgIpc) is 1.91. The molecule has 4 heteroatoms. The van der Waals surface area contributed by atoms with Crippen LogP contribution < -0.4 is 0 Å². The minimum atomic E-state index is -1.03. The fraction of sp³-hybridized carbons (Fsp3) is 0.500. The number of esters is 1. The summed E-state index contributed by atoms with van der Waals surface area (Å²) in [6.45, 7) is 1.88. The van der Waals surface area contributed by atoms with Crippen LogP contribution in [0.1, 0.15) is 6.92 Å². The van der Waals surface area contributed by atoms with Crippen LogP contribution in [-0.2, 0) is 14.3 Å². The first kappa shape index (κ1) is 8.81. The van der Waals surface area contributed by atoms with Gasteiger partial charge in [-0.05, 0) is 6.92 Å². The van der Waals surface area contributed by atoms with E-state index in [-0.39, 0.29) is 6.61 Å². The Balaban J connectivity index is 3.88. The molecule has 1 atom stereocenters. The number of carbonyl (C=O) groups excluding carboxylic acids is 2. The van der Waals surface area contributed by atoms with Crippen LogP contribution in [0.4, 0.5) is 0 Å². The molecule has 0 aliphatic carbocycles. The lowest BCUT2D eigenvalue weighted by Gasteiger charge is -2.01. The van der Waals surface area contributed by atoms with Crippen molar-refractivity contribution in [2.45, 2.75) is 6.92 Å². The van der Waals surface area contributed by atoms with Crippen molar-refractivity contribution in [1.82, 2.24) is 0 Å². The maximum atomic E-state index is 10.6. The van der Waals surface area contributed by atoms with Crippen molar-refractivity contribution in [3.63, 3.8) is 0 Å². The first-order chi connectivity index (χ1) is 4.76. The van der Waals surface area contributed by atoms with Crippen molar-refractivity contribution in [2.24, 2.45) is 5.92 Å². The highest BCUT2D eigenvalue weighted by molar-refractivity contribution is 6.02. The predicted molar refractivity (Wildman–Crippen MR) is 35.0 cm³/mol. The lowest BCUT2D eigenvalue weighted by molar-refractivity contribution is -0.146. The molecule has 0 aromatic carbocycles. The molecule has 0 saturated heterocycles. The molecular weight excluding hydrogens is 134 g/mol. The summed E-state index contributed by atoms with van der Waals surface area (Å²) in [5.74, 6) is -1.69. The molecule has 4 nitrogen and oxygen atoms in total. The monoisotopic (exact) mass is 143 g/mol. The quantitative estimate of drug-likeness (QED) is 0.261. The number of rotatable bonds is 4. The molecule has 0 bridgehead atoms. The molecule has 0 radical (unpaired) electrons. The molecule has 0 amide bonds. The molecule has 0 heterocycles. The van der Waals surface area contributed by atoms with Gasteiger partial charge in [-0.1, -0.05) is 0 Å². The summed E-state index contributed by atoms with van der Waals surface area (Å²) in [5, 5.41) is 6.61. The predicted octanol–water partition coefficient (Wildman–Crippen LogP) is 0.0142. The zero-order valence-corrected chi connectivity index (χ0v) is 5.66. The summed E-state index contributed by atoms with van der Waals surface area (Å²) in [4.78, 5) is 20.6. The van der Waals surface area contributed by atoms with Gasteiger partial charge in [-0.25, -0.2) is 0 Å². The molecule has 0 rings (SSSR count). The van der Waals surface area contributed by atoms with E-state index >= 15 is 0 Å². The van der Waals surface area contributed by atoms with Crippen LogP contribution in [-0.4, -0.2) is 25.1 Å². The van der Waals surface area contributed by atoms with Crippen molar-refractivity contribution in [1.29, 1.82) is 5.41 Å². The van der Waals surface area contributed by atoms with Gasteiger partial charge in [0.2, 0.25) is 0 Å². The topological polar surface area (TPSA) is 67.2 Å². The minimum Gasteiger partial charge on any atom is -0.465 e. The molecule has 0 aliphatic rings. The van der Waals surface area contributed by atoms with E-state index < -0.39 is 11.9 Å². The van der Waals surface area contributed by atoms with Crippen LogP contribution in [0.2, 0.25) is 0 Å². The smallest absolute Gasteiger partial charge is 0.321 e. The SMILES string of the molecule is CCOC(=O)C(C=N)C=O. The molecule has 0 aliphatic heterocycles. The Kier molecular flexibility index (Phi) is 4.11. The Bertz CT molecular complexity index is 136. The Morgan fingerprint density at radius 1 is 1.80 bits per heavy atom. The van der Waals surface area contributed by atoms with Gasteiger partial charge >= 0.3 is 5.97 Å². The van der Waals surface area contributed by atoms with E-state index in [0.29, 0.717) is 6.29 Å². The molecule has 0 fully saturated rings. The Labute approximate surface area is 58.7 Å². The van der Waals surface area contributed by atoms with Crippen LogP contribution in [0.3, 0.4) is 0 Å². The Morgan fingerprint density at radius 2 is 2.40 bits per heavy atom. The lowest BCUT2D eigenvalue weighted by Crippen LogP contribution is -2.19. The number of ether oxygens (including phenoxy) is 1. The van der Waals surface area contributed by atoms with Gasteiger partial charge in [0.1, 0.15) is 12.2 Å². The van der Waals surface area contributed by atoms with E-state index in [9.17, 15) is 9.59 Å². The number of nitrogens with one attached hydrogen (secondary N) is 1. The molecular formula is C6H9NO3. The number of hydrogen-bond acceptors (Lipinski definition) is 4. The highest BCUT2D eigenvalue weighted by atomic mass is 16.5. The van der Waals surface area contributed by atoms with Gasteiger partial charge in [0, 0.05) is 6.21 Å². The van der Waals surface area contributed by atoms with E-state index in [4.69, 9.17) is 5.41 Å². The van der Waals surface area contributed by atoms with Gasteiger partial charge in [0.15, 0.2) is 0 Å². The van der Waals surface area contributed by atoms with E-state index in [0.717, 1.165) is 6.21 Å². The molecule has 10 heavy (non-hydrogen) atoms. The van der Waals surface area contributed by atoms with Gasteiger partial charge in [0.25, 0.3) is 0 Å². The van der Waals surface area contributed by atoms with Crippen molar-refractivity contribution in [3.05, 3.63) is 0 Å². The van der Waals surface area contributed by atoms with Crippen molar-refractivity contribution in [2.75, 3.05) is 6.61 Å². The number of hydrogen-bond donors (Lipinski definition) is 1. The highest BCUT2D eigenvalue weighted by Crippen LogP contribution is 1.90. The first-order valence-electron chi connectivity index (χ1n) is 2.88. The average molecular weight is 143 g/mol. The summed E-state index contributed by atoms with van der Waals surface area (Å²) in [6, 6.07) is 0. The minimum absolute atomic E-state index is 0.233. The van der Waals surface area contributed by atoms with Gasteiger partial charge in [0.05, 0.1) is 6.61 Å². The third-order valence-electron chi connectivity index (χ3n) is 0.885. The molecule has 1 unspecified atom stereocenters. The van der Waals surface area contributed by atoms with Crippen LogP contribution in [0.25, 0.3) is 0 Å². The summed E-state index contributed by atoms with van der Waals surface area (Å²) < 4.78 is 4.46. The second kappa shape index (κ2) is 4.67. The molecule has 56 valence electrons. The molecule has 0 aromatic heterocycles. The maximum absolute atomic E-state index is 10.6. The largest absolute Gasteiger partial charge is 0.465 e. The van der Waals surface area contributed by atoms with E-state index in [1.54, 1.807) is 6.92 Å². The highest BCUT2D eigenvalue weighted by Gasteiger charge is 2.14. The molecule has 0 spiro atoms. The van der Waals surface area contributed by atoms with Crippen LogP contribution >= 0.6 is 0 Å². The standard InChI is InChI=1S/C6H9NO3/c1-2-10-6(9)5(3-7)4-8/h3-5,7H,2H2,1H3. The van der Waals surface area contributed by atoms with Gasteiger partial charge in [-0.3, -0.25) is 4.79 Å². The molecule has 0 saturated carbocycles. The number of carbonyl (C=O) groups is 2. The van der Waals surface area contributed by atoms with Gasteiger partial charge in [-0.2, -0.15) is 0 Å². The molecule has 1 N–H and O–H groups in total. The third kappa shape index (κ3) is 2.39. The summed E-state index contributed by atoms with van der Waals surface area (Å²) in [7, 11) is 0. The Hall–Kier alpha value is -1.19. The fourth-order valence-corrected chi connectivity index (χ4v) is 0.401. The van der Waals surface area contributed by atoms with E-state index in [1.807, 2.05) is 0 Å². The van der Waals surface area contributed by atoms with Gasteiger partial charge < -0.3 is 14.9 Å². The van der Waals surface area contributed by atoms with Crippen molar-refractivity contribution >= 4 is 18.5 Å². The van der Waals surface area contributed by atoms with Crippen LogP contribution in [0.5, 0.6) is 0 Å². The summed E-state index contributed by atoms with van der Waals surface area (Å²) in [5.41, 5.74) is 0. The normalized spacial score (nSPS) is 11.7. The number of aldehydes is 1. The second-order valence-electron chi connectivity index (χ2n) is 1.58. The summed E-state index contributed by atoms with van der Waals surface area (Å²) >= 11 is 0.